The van der Waals surface area contributed by atoms with Gasteiger partial charge in [-0.15, -0.1) is 0 Å². The van der Waals surface area contributed by atoms with Gasteiger partial charge < -0.3 is 14.8 Å². The maximum atomic E-state index is 12.3. The molecule has 0 spiro atoms. The van der Waals surface area contributed by atoms with Crippen molar-refractivity contribution in [2.24, 2.45) is 0 Å². The zero-order valence-electron chi connectivity index (χ0n) is 20.7. The molecule has 4 N–H and O–H groups in total. The number of ether oxygens (including phenoxy) is 2. The summed E-state index contributed by atoms with van der Waals surface area (Å²) in [5.41, 5.74) is 0.398. The van der Waals surface area contributed by atoms with E-state index in [1.165, 1.54) is 25.1 Å². The van der Waals surface area contributed by atoms with Gasteiger partial charge in [0.25, 0.3) is 30.4 Å². The van der Waals surface area contributed by atoms with Crippen LogP contribution >= 0.6 is 0 Å². The second-order valence-corrected chi connectivity index (χ2v) is 12.9. The molecule has 0 unspecified atom stereocenters. The predicted octanol–water partition coefficient (Wildman–Crippen LogP) is 2.87. The Morgan fingerprint density at radius 3 is 1.68 bits per heavy atom. The van der Waals surface area contributed by atoms with Crippen molar-refractivity contribution in [3.05, 3.63) is 48.6 Å². The number of carbonyl (C=O) groups excluding carboxylic acids is 1. The first kappa shape index (κ1) is 29.6. The predicted molar refractivity (Wildman–Crippen MR) is 145 cm³/mol. The second-order valence-electron chi connectivity index (χ2n) is 8.75. The Kier molecular flexibility index (Phi) is 7.81. The van der Waals surface area contributed by atoms with Gasteiger partial charge in [-0.1, -0.05) is 30.8 Å². The number of carbonyl (C=O) groups is 1. The van der Waals surface area contributed by atoms with Crippen LogP contribution in [0.25, 0.3) is 32.3 Å². The normalized spacial score (nSPS) is 12.8. The van der Waals surface area contributed by atoms with Gasteiger partial charge in [-0.3, -0.25) is 13.7 Å². The number of hydrogen-bond acceptors (Lipinski definition) is 10. The van der Waals surface area contributed by atoms with Gasteiger partial charge in [-0.25, -0.2) is 4.79 Å². The van der Waals surface area contributed by atoms with Gasteiger partial charge in [0, 0.05) is 50.1 Å². The molecule has 0 saturated carbocycles. The first-order valence-corrected chi connectivity index (χ1v) is 15.7. The van der Waals surface area contributed by atoms with E-state index in [9.17, 15) is 43.7 Å². The average molecular weight is 614 g/mol. The van der Waals surface area contributed by atoms with E-state index in [0.717, 1.165) is 12.1 Å². The summed E-state index contributed by atoms with van der Waals surface area (Å²) in [6, 6.07) is 6.87. The van der Waals surface area contributed by atoms with Crippen molar-refractivity contribution in [1.82, 2.24) is 0 Å². The smallest absolute Gasteiger partial charge is 0.333 e. The molecule has 0 aromatic heterocycles. The molecule has 40 heavy (non-hydrogen) atoms. The minimum atomic E-state index is -5.01. The minimum Gasteiger partial charge on any atom is -0.460 e. The zero-order chi connectivity index (χ0) is 29.6. The molecular formula is C24H23NO12S3. The molecule has 13 nitrogen and oxygen atoms in total. The first-order valence-electron chi connectivity index (χ1n) is 11.4. The Balaban J connectivity index is 1.85. The number of anilines is 1. The molecule has 0 aliphatic heterocycles. The Bertz CT molecular complexity index is 1950. The van der Waals surface area contributed by atoms with Gasteiger partial charge in [0.15, 0.2) is 0 Å². The van der Waals surface area contributed by atoms with Crippen LogP contribution in [0.2, 0.25) is 0 Å². The highest BCUT2D eigenvalue weighted by Gasteiger charge is 2.27. The SMILES string of the molecule is C=C(C)C(=O)OCCOCCNc1cc(S(=O)(=O)O)c2ccc3c(S(=O)(=O)O)cc(S(=O)(=O)O)c4ccc1c2c43. The van der Waals surface area contributed by atoms with Gasteiger partial charge in [0.2, 0.25) is 0 Å². The molecule has 214 valence electrons. The van der Waals surface area contributed by atoms with Gasteiger partial charge in [0.1, 0.15) is 21.3 Å². The molecule has 4 aromatic carbocycles. The van der Waals surface area contributed by atoms with E-state index in [1.807, 2.05) is 0 Å². The molecule has 4 aromatic rings. The summed E-state index contributed by atoms with van der Waals surface area (Å²) in [5, 5.41) is 2.89. The van der Waals surface area contributed by atoms with E-state index in [4.69, 9.17) is 9.47 Å². The van der Waals surface area contributed by atoms with Crippen LogP contribution in [0.3, 0.4) is 0 Å². The van der Waals surface area contributed by atoms with Crippen molar-refractivity contribution in [2.45, 2.75) is 21.6 Å². The summed E-state index contributed by atoms with van der Waals surface area (Å²) in [7, 11) is -14.9. The average Bonchev–Trinajstić information content (AvgIpc) is 2.84. The Morgan fingerprint density at radius 1 is 0.750 bits per heavy atom. The molecule has 0 atom stereocenters. The number of rotatable bonds is 11. The van der Waals surface area contributed by atoms with Crippen LogP contribution in [0.1, 0.15) is 6.92 Å². The third kappa shape index (κ3) is 5.73. The maximum Gasteiger partial charge on any atom is 0.333 e. The summed E-state index contributed by atoms with van der Waals surface area (Å²) >= 11 is 0. The van der Waals surface area contributed by atoms with Gasteiger partial charge >= 0.3 is 5.97 Å². The number of esters is 1. The number of hydrogen-bond donors (Lipinski definition) is 4. The van der Waals surface area contributed by atoms with Crippen LogP contribution in [-0.4, -0.2) is 71.2 Å². The van der Waals surface area contributed by atoms with Crippen molar-refractivity contribution in [1.29, 1.82) is 0 Å². The molecular weight excluding hydrogens is 590 g/mol. The lowest BCUT2D eigenvalue weighted by atomic mass is 9.93. The van der Waals surface area contributed by atoms with Crippen LogP contribution in [-0.2, 0) is 44.6 Å². The monoisotopic (exact) mass is 613 g/mol. The number of nitrogens with one attached hydrogen (secondary N) is 1. The molecule has 4 rings (SSSR count). The highest BCUT2D eigenvalue weighted by atomic mass is 32.2. The van der Waals surface area contributed by atoms with Crippen molar-refractivity contribution in [3.63, 3.8) is 0 Å². The van der Waals surface area contributed by atoms with Gasteiger partial charge in [-0.2, -0.15) is 25.3 Å². The molecule has 0 saturated heterocycles. The topological polar surface area (TPSA) is 211 Å². The van der Waals surface area contributed by atoms with Crippen molar-refractivity contribution >= 4 is 74.3 Å². The summed E-state index contributed by atoms with van der Waals surface area (Å²) < 4.78 is 113. The van der Waals surface area contributed by atoms with Crippen LogP contribution < -0.4 is 5.32 Å². The van der Waals surface area contributed by atoms with Crippen LogP contribution in [0, 0.1) is 0 Å². The minimum absolute atomic E-state index is 0.0243. The molecule has 0 fully saturated rings. The molecule has 0 radical (unpaired) electrons. The summed E-state index contributed by atoms with van der Waals surface area (Å²) in [6.45, 7) is 5.18. The van der Waals surface area contributed by atoms with Crippen LogP contribution in [0.15, 0.2) is 63.2 Å². The fourth-order valence-corrected chi connectivity index (χ4v) is 6.58. The van der Waals surface area contributed by atoms with Crippen molar-refractivity contribution in [2.75, 3.05) is 31.7 Å². The molecule has 0 amide bonds. The van der Waals surface area contributed by atoms with Crippen molar-refractivity contribution < 1.29 is 53.2 Å². The number of benzene rings is 4. The highest BCUT2D eigenvalue weighted by Crippen LogP contribution is 2.44. The molecule has 0 heterocycles. The Hall–Kier alpha value is -3.38. The lowest BCUT2D eigenvalue weighted by molar-refractivity contribution is -0.140. The molecule has 0 aliphatic carbocycles. The Labute approximate surface area is 229 Å². The Morgan fingerprint density at radius 2 is 1.20 bits per heavy atom. The van der Waals surface area contributed by atoms with Gasteiger partial charge in [0.05, 0.1) is 13.2 Å². The van der Waals surface area contributed by atoms with E-state index < -0.39 is 51.0 Å². The van der Waals surface area contributed by atoms with E-state index >= 15 is 0 Å². The second kappa shape index (κ2) is 10.5. The standard InChI is InChI=1S/C24H23NO12S3/c1-13(2)24(26)37-10-9-36-8-7-25-18-11-19(38(27,28)29)15-5-6-17-21(40(33,34)35)12-20(39(30,31)32)16-4-3-14(18)22(15)23(16)17/h3-6,11-12,25H,1,7-10H2,2H3,(H,27,28,29)(H,30,31,32)(H,33,34,35). The quantitative estimate of drug-likeness (QED) is 0.0631. The molecule has 16 heteroatoms. The summed E-state index contributed by atoms with van der Waals surface area (Å²) in [4.78, 5) is 9.19. The summed E-state index contributed by atoms with van der Waals surface area (Å²) in [6.07, 6.45) is 0. The third-order valence-corrected chi connectivity index (χ3v) is 8.67. The lowest BCUT2D eigenvalue weighted by Crippen LogP contribution is -2.15. The summed E-state index contributed by atoms with van der Waals surface area (Å²) in [5.74, 6) is -0.567. The van der Waals surface area contributed by atoms with Crippen LogP contribution in [0.5, 0.6) is 0 Å². The fourth-order valence-electron chi connectivity index (χ4n) is 4.36. The van der Waals surface area contributed by atoms with E-state index in [0.29, 0.717) is 11.5 Å². The first-order chi connectivity index (χ1) is 18.5. The molecule has 0 aliphatic rings. The van der Waals surface area contributed by atoms with E-state index in [-0.39, 0.29) is 64.6 Å². The van der Waals surface area contributed by atoms with E-state index in [1.54, 1.807) is 0 Å². The third-order valence-electron chi connectivity index (χ3n) is 5.99. The van der Waals surface area contributed by atoms with Crippen molar-refractivity contribution in [3.8, 4) is 0 Å². The molecule has 0 bridgehead atoms. The van der Waals surface area contributed by atoms with Gasteiger partial charge in [-0.05, 0) is 19.1 Å². The zero-order valence-corrected chi connectivity index (χ0v) is 23.2. The highest BCUT2D eigenvalue weighted by molar-refractivity contribution is 7.87. The van der Waals surface area contributed by atoms with Crippen LogP contribution in [0.4, 0.5) is 5.69 Å². The largest absolute Gasteiger partial charge is 0.460 e. The maximum absolute atomic E-state index is 12.3. The fraction of sp³-hybridized carbons (Fsp3) is 0.208. The lowest BCUT2D eigenvalue weighted by Gasteiger charge is -2.19. The van der Waals surface area contributed by atoms with E-state index in [2.05, 4.69) is 11.9 Å².